The van der Waals surface area contributed by atoms with E-state index < -0.39 is 0 Å². The standard InChI is InChI=1S/C17H26N6O2/c1-17(2,3)16-20-13(25-21-16)5-6-14(24)23-10-7-18-11-12(23)15-19-8-9-22(15)4/h8-9,12,18H,5-7,10-11H2,1-4H3. The molecule has 0 saturated carbocycles. The molecule has 2 aromatic rings. The number of piperazine rings is 1. The maximum Gasteiger partial charge on any atom is 0.227 e. The second-order valence-electron chi connectivity index (χ2n) is 7.47. The van der Waals surface area contributed by atoms with E-state index in [0.29, 0.717) is 37.6 Å². The van der Waals surface area contributed by atoms with E-state index in [1.54, 1.807) is 6.20 Å². The molecule has 1 atom stereocenters. The van der Waals surface area contributed by atoms with Crippen LogP contribution in [-0.2, 0) is 23.7 Å². The van der Waals surface area contributed by atoms with Crippen LogP contribution >= 0.6 is 0 Å². The lowest BCUT2D eigenvalue weighted by Gasteiger charge is -2.35. The molecule has 0 spiro atoms. The van der Waals surface area contributed by atoms with Crippen LogP contribution in [0.25, 0.3) is 0 Å². The van der Waals surface area contributed by atoms with Crippen molar-refractivity contribution in [3.05, 3.63) is 29.9 Å². The zero-order chi connectivity index (χ0) is 18.0. The summed E-state index contributed by atoms with van der Waals surface area (Å²) in [6, 6.07) is -0.0472. The van der Waals surface area contributed by atoms with Gasteiger partial charge in [0.2, 0.25) is 11.8 Å². The Balaban J connectivity index is 1.65. The van der Waals surface area contributed by atoms with Crippen molar-refractivity contribution in [3.63, 3.8) is 0 Å². The molecule has 8 heteroatoms. The molecule has 1 saturated heterocycles. The van der Waals surface area contributed by atoms with E-state index in [1.807, 2.05) is 43.5 Å². The van der Waals surface area contributed by atoms with Gasteiger partial charge in [-0.15, -0.1) is 0 Å². The highest BCUT2D eigenvalue weighted by Gasteiger charge is 2.30. The smallest absolute Gasteiger partial charge is 0.227 e. The van der Waals surface area contributed by atoms with Crippen LogP contribution in [0, 0.1) is 0 Å². The summed E-state index contributed by atoms with van der Waals surface area (Å²) in [6.45, 7) is 8.28. The van der Waals surface area contributed by atoms with E-state index in [9.17, 15) is 4.79 Å². The molecule has 0 aromatic carbocycles. The maximum absolute atomic E-state index is 12.8. The molecular formula is C17H26N6O2. The van der Waals surface area contributed by atoms with Crippen LogP contribution < -0.4 is 5.32 Å². The second-order valence-corrected chi connectivity index (χ2v) is 7.47. The minimum Gasteiger partial charge on any atom is -0.339 e. The van der Waals surface area contributed by atoms with Gasteiger partial charge in [0.1, 0.15) is 11.9 Å². The number of hydrogen-bond acceptors (Lipinski definition) is 6. The number of carbonyl (C=O) groups is 1. The number of imidazole rings is 1. The molecule has 3 rings (SSSR count). The molecule has 3 heterocycles. The molecular weight excluding hydrogens is 320 g/mol. The van der Waals surface area contributed by atoms with Gasteiger partial charge in [-0.3, -0.25) is 4.79 Å². The molecule has 0 radical (unpaired) electrons. The van der Waals surface area contributed by atoms with Gasteiger partial charge in [-0.1, -0.05) is 25.9 Å². The van der Waals surface area contributed by atoms with E-state index >= 15 is 0 Å². The van der Waals surface area contributed by atoms with Gasteiger partial charge in [-0.25, -0.2) is 4.98 Å². The molecule has 2 aromatic heterocycles. The molecule has 1 aliphatic heterocycles. The molecule has 1 fully saturated rings. The van der Waals surface area contributed by atoms with Crippen LogP contribution in [0.5, 0.6) is 0 Å². The van der Waals surface area contributed by atoms with Crippen molar-refractivity contribution in [1.82, 2.24) is 29.9 Å². The van der Waals surface area contributed by atoms with Crippen molar-refractivity contribution >= 4 is 5.91 Å². The number of aromatic nitrogens is 4. The molecule has 1 N–H and O–H groups in total. The Labute approximate surface area is 147 Å². The Morgan fingerprint density at radius 3 is 2.88 bits per heavy atom. The summed E-state index contributed by atoms with van der Waals surface area (Å²) < 4.78 is 7.25. The van der Waals surface area contributed by atoms with Crippen molar-refractivity contribution in [2.45, 2.75) is 45.1 Å². The largest absolute Gasteiger partial charge is 0.339 e. The Morgan fingerprint density at radius 2 is 2.24 bits per heavy atom. The highest BCUT2D eigenvalue weighted by Crippen LogP contribution is 2.22. The molecule has 25 heavy (non-hydrogen) atoms. The topological polar surface area (TPSA) is 89.1 Å². The summed E-state index contributed by atoms with van der Waals surface area (Å²) in [7, 11) is 1.95. The maximum atomic E-state index is 12.8. The second kappa shape index (κ2) is 6.95. The van der Waals surface area contributed by atoms with Gasteiger partial charge in [0.25, 0.3) is 0 Å². The lowest BCUT2D eigenvalue weighted by molar-refractivity contribution is -0.134. The average molecular weight is 346 g/mol. The molecule has 1 unspecified atom stereocenters. The summed E-state index contributed by atoms with van der Waals surface area (Å²) in [5, 5.41) is 7.35. The molecule has 8 nitrogen and oxygen atoms in total. The van der Waals surface area contributed by atoms with Gasteiger partial charge >= 0.3 is 0 Å². The summed E-state index contributed by atoms with van der Waals surface area (Å²) in [5.74, 6) is 2.17. The first-order valence-electron chi connectivity index (χ1n) is 8.66. The third-order valence-electron chi connectivity index (χ3n) is 4.41. The van der Waals surface area contributed by atoms with Crippen molar-refractivity contribution in [2.75, 3.05) is 19.6 Å². The van der Waals surface area contributed by atoms with E-state index in [1.165, 1.54) is 0 Å². The Morgan fingerprint density at radius 1 is 1.44 bits per heavy atom. The molecule has 0 aliphatic carbocycles. The predicted molar refractivity (Wildman–Crippen MR) is 91.9 cm³/mol. The van der Waals surface area contributed by atoms with Gasteiger partial charge in [0.15, 0.2) is 5.82 Å². The average Bonchev–Trinajstić information content (AvgIpc) is 3.21. The zero-order valence-corrected chi connectivity index (χ0v) is 15.3. The molecule has 1 aliphatic rings. The van der Waals surface area contributed by atoms with E-state index in [0.717, 1.165) is 12.4 Å². The minimum absolute atomic E-state index is 0.0472. The van der Waals surface area contributed by atoms with Gasteiger partial charge in [-0.05, 0) is 0 Å². The number of aryl methyl sites for hydroxylation is 2. The monoisotopic (exact) mass is 346 g/mol. The number of rotatable bonds is 4. The quantitative estimate of drug-likeness (QED) is 0.895. The van der Waals surface area contributed by atoms with Crippen LogP contribution in [0.1, 0.15) is 50.8 Å². The zero-order valence-electron chi connectivity index (χ0n) is 15.3. The van der Waals surface area contributed by atoms with E-state index in [-0.39, 0.29) is 17.4 Å². The van der Waals surface area contributed by atoms with Gasteiger partial charge in [0.05, 0.1) is 0 Å². The fourth-order valence-electron chi connectivity index (χ4n) is 2.95. The Kier molecular flexibility index (Phi) is 4.89. The first-order valence-corrected chi connectivity index (χ1v) is 8.66. The van der Waals surface area contributed by atoms with Crippen LogP contribution in [0.3, 0.4) is 0 Å². The van der Waals surface area contributed by atoms with Crippen LogP contribution in [0.15, 0.2) is 16.9 Å². The van der Waals surface area contributed by atoms with Crippen molar-refractivity contribution in [1.29, 1.82) is 0 Å². The Bertz CT molecular complexity index is 730. The van der Waals surface area contributed by atoms with Crippen molar-refractivity contribution in [3.8, 4) is 0 Å². The summed E-state index contributed by atoms with van der Waals surface area (Å²) >= 11 is 0. The van der Waals surface area contributed by atoms with E-state index in [4.69, 9.17) is 4.52 Å². The number of carbonyl (C=O) groups excluding carboxylic acids is 1. The SMILES string of the molecule is Cn1ccnc1C1CNCCN1C(=O)CCc1nc(C(C)(C)C)no1. The van der Waals surface area contributed by atoms with Gasteiger partial charge in [0, 0.05) is 57.3 Å². The van der Waals surface area contributed by atoms with Crippen LogP contribution in [-0.4, -0.2) is 50.1 Å². The third-order valence-corrected chi connectivity index (χ3v) is 4.41. The lowest BCUT2D eigenvalue weighted by atomic mass is 9.96. The third kappa shape index (κ3) is 3.89. The van der Waals surface area contributed by atoms with Gasteiger partial charge < -0.3 is 19.3 Å². The van der Waals surface area contributed by atoms with Crippen LogP contribution in [0.4, 0.5) is 0 Å². The number of hydrogen-bond donors (Lipinski definition) is 1. The Hall–Kier alpha value is -2.22. The van der Waals surface area contributed by atoms with Crippen molar-refractivity contribution < 1.29 is 9.32 Å². The normalized spacial score (nSPS) is 18.6. The number of amides is 1. The molecule has 0 bridgehead atoms. The highest BCUT2D eigenvalue weighted by atomic mass is 16.5. The van der Waals surface area contributed by atoms with E-state index in [2.05, 4.69) is 20.4 Å². The highest BCUT2D eigenvalue weighted by molar-refractivity contribution is 5.77. The van der Waals surface area contributed by atoms with Crippen molar-refractivity contribution in [2.24, 2.45) is 7.05 Å². The fraction of sp³-hybridized carbons (Fsp3) is 0.647. The molecule has 1 amide bonds. The van der Waals surface area contributed by atoms with Gasteiger partial charge in [-0.2, -0.15) is 4.98 Å². The first kappa shape index (κ1) is 17.6. The summed E-state index contributed by atoms with van der Waals surface area (Å²) in [6.07, 6.45) is 4.48. The number of nitrogens with zero attached hydrogens (tertiary/aromatic N) is 5. The fourth-order valence-corrected chi connectivity index (χ4v) is 2.95. The predicted octanol–water partition coefficient (Wildman–Crippen LogP) is 1.21. The lowest BCUT2D eigenvalue weighted by Crippen LogP contribution is -2.49. The van der Waals surface area contributed by atoms with Crippen LogP contribution in [0.2, 0.25) is 0 Å². The first-order chi connectivity index (χ1) is 11.9. The summed E-state index contributed by atoms with van der Waals surface area (Å²) in [5.41, 5.74) is -0.159. The number of nitrogens with one attached hydrogen (secondary N) is 1. The minimum atomic E-state index is -0.159. The summed E-state index contributed by atoms with van der Waals surface area (Å²) in [4.78, 5) is 23.5. The molecule has 136 valence electrons.